The number of nitrogens with zero attached hydrogens (tertiary/aromatic N) is 1. The summed E-state index contributed by atoms with van der Waals surface area (Å²) in [6.45, 7) is 2.73. The number of carbonyl (C=O) groups is 1. The number of aliphatic hydroxyl groups is 1. The molecule has 0 saturated carbocycles. The summed E-state index contributed by atoms with van der Waals surface area (Å²) in [5.41, 5.74) is 0. The Hall–Kier alpha value is -0.450. The molecule has 2 unspecified atom stereocenters. The smallest absolute Gasteiger partial charge is 0.124 e. The standard InChI is InChI=1S/C10H19NO3/c1-14-8-10(13)6-11-4-2-3-9(5-11)7-12/h7,9-10,13H,2-6,8H2,1H3. The van der Waals surface area contributed by atoms with Crippen LogP contribution in [0.3, 0.4) is 0 Å². The van der Waals surface area contributed by atoms with E-state index in [0.29, 0.717) is 13.2 Å². The molecule has 0 aromatic rings. The van der Waals surface area contributed by atoms with Crippen LogP contribution < -0.4 is 0 Å². The van der Waals surface area contributed by atoms with Gasteiger partial charge < -0.3 is 14.6 Å². The summed E-state index contributed by atoms with van der Waals surface area (Å²) in [5, 5.41) is 9.51. The minimum absolute atomic E-state index is 0.151. The molecule has 1 N–H and O–H groups in total. The first-order chi connectivity index (χ1) is 6.76. The molecular formula is C10H19NO3. The van der Waals surface area contributed by atoms with Crippen LogP contribution in [0.1, 0.15) is 12.8 Å². The molecule has 0 aromatic carbocycles. The second-order valence-corrected chi connectivity index (χ2v) is 3.91. The maximum atomic E-state index is 10.6. The number of methoxy groups -OCH3 is 1. The second-order valence-electron chi connectivity index (χ2n) is 3.91. The van der Waals surface area contributed by atoms with Crippen LogP contribution in [-0.4, -0.2) is 55.7 Å². The maximum Gasteiger partial charge on any atom is 0.124 e. The molecular weight excluding hydrogens is 182 g/mol. The number of aldehydes is 1. The summed E-state index contributed by atoms with van der Waals surface area (Å²) in [4.78, 5) is 12.7. The van der Waals surface area contributed by atoms with Crippen LogP contribution in [0.15, 0.2) is 0 Å². The molecule has 1 rings (SSSR count). The van der Waals surface area contributed by atoms with Gasteiger partial charge in [-0.05, 0) is 19.4 Å². The molecule has 14 heavy (non-hydrogen) atoms. The lowest BCUT2D eigenvalue weighted by Gasteiger charge is -2.31. The van der Waals surface area contributed by atoms with Gasteiger partial charge in [-0.25, -0.2) is 0 Å². The first kappa shape index (κ1) is 11.6. The Balaban J connectivity index is 2.26. The van der Waals surface area contributed by atoms with Gasteiger partial charge in [-0.3, -0.25) is 4.90 Å². The average Bonchev–Trinajstić information content (AvgIpc) is 2.18. The Kier molecular flexibility index (Phi) is 5.07. The summed E-state index contributed by atoms with van der Waals surface area (Å²) in [6.07, 6.45) is 2.61. The fourth-order valence-corrected chi connectivity index (χ4v) is 1.91. The predicted molar refractivity (Wildman–Crippen MR) is 53.1 cm³/mol. The van der Waals surface area contributed by atoms with Gasteiger partial charge in [-0.1, -0.05) is 0 Å². The van der Waals surface area contributed by atoms with E-state index in [9.17, 15) is 9.90 Å². The van der Waals surface area contributed by atoms with Crippen LogP contribution >= 0.6 is 0 Å². The zero-order valence-electron chi connectivity index (χ0n) is 8.69. The molecule has 4 nitrogen and oxygen atoms in total. The molecule has 82 valence electrons. The SMILES string of the molecule is COCC(O)CN1CCCC(C=O)C1. The van der Waals surface area contributed by atoms with Crippen molar-refractivity contribution in [3.8, 4) is 0 Å². The van der Waals surface area contributed by atoms with E-state index in [-0.39, 0.29) is 5.92 Å². The molecule has 4 heteroatoms. The summed E-state index contributed by atoms with van der Waals surface area (Å²) in [7, 11) is 1.58. The maximum absolute atomic E-state index is 10.6. The van der Waals surface area contributed by atoms with E-state index in [2.05, 4.69) is 4.90 Å². The van der Waals surface area contributed by atoms with Crippen LogP contribution in [0.5, 0.6) is 0 Å². The quantitative estimate of drug-likeness (QED) is 0.631. The van der Waals surface area contributed by atoms with Gasteiger partial charge in [0.05, 0.1) is 12.7 Å². The molecule has 1 saturated heterocycles. The first-order valence-electron chi connectivity index (χ1n) is 5.11. The minimum Gasteiger partial charge on any atom is -0.389 e. The van der Waals surface area contributed by atoms with E-state index in [4.69, 9.17) is 4.74 Å². The normalized spacial score (nSPS) is 26.0. The van der Waals surface area contributed by atoms with Crippen molar-refractivity contribution in [2.75, 3.05) is 33.4 Å². The molecule has 0 aromatic heterocycles. The number of rotatable bonds is 5. The Labute approximate surface area is 84.8 Å². The highest BCUT2D eigenvalue weighted by Gasteiger charge is 2.20. The summed E-state index contributed by atoms with van der Waals surface area (Å²) >= 11 is 0. The van der Waals surface area contributed by atoms with Crippen molar-refractivity contribution >= 4 is 6.29 Å². The van der Waals surface area contributed by atoms with E-state index in [1.165, 1.54) is 0 Å². The lowest BCUT2D eigenvalue weighted by atomic mass is 9.99. The van der Waals surface area contributed by atoms with Gasteiger partial charge in [0.2, 0.25) is 0 Å². The van der Waals surface area contributed by atoms with E-state index in [0.717, 1.165) is 32.2 Å². The third-order valence-corrected chi connectivity index (χ3v) is 2.56. The lowest BCUT2D eigenvalue weighted by molar-refractivity contribution is -0.112. The molecule has 0 radical (unpaired) electrons. The molecule has 1 heterocycles. The van der Waals surface area contributed by atoms with Gasteiger partial charge in [0.1, 0.15) is 6.29 Å². The summed E-state index contributed by atoms with van der Waals surface area (Å²) in [6, 6.07) is 0. The topological polar surface area (TPSA) is 49.8 Å². The van der Waals surface area contributed by atoms with Gasteiger partial charge in [0.15, 0.2) is 0 Å². The van der Waals surface area contributed by atoms with Gasteiger partial charge in [0.25, 0.3) is 0 Å². The van der Waals surface area contributed by atoms with E-state index in [1.54, 1.807) is 7.11 Å². The number of likely N-dealkylation sites (tertiary alicyclic amines) is 1. The average molecular weight is 201 g/mol. The van der Waals surface area contributed by atoms with Gasteiger partial charge >= 0.3 is 0 Å². The monoisotopic (exact) mass is 201 g/mol. The van der Waals surface area contributed by atoms with Gasteiger partial charge in [-0.15, -0.1) is 0 Å². The van der Waals surface area contributed by atoms with Crippen LogP contribution in [-0.2, 0) is 9.53 Å². The minimum atomic E-state index is -0.439. The van der Waals surface area contributed by atoms with E-state index >= 15 is 0 Å². The van der Waals surface area contributed by atoms with Gasteiger partial charge in [-0.2, -0.15) is 0 Å². The highest BCUT2D eigenvalue weighted by atomic mass is 16.5. The molecule has 1 fully saturated rings. The Morgan fingerprint density at radius 1 is 1.71 bits per heavy atom. The Bertz CT molecular complexity index is 175. The molecule has 1 aliphatic rings. The summed E-state index contributed by atoms with van der Waals surface area (Å²) < 4.78 is 4.85. The summed E-state index contributed by atoms with van der Waals surface area (Å²) in [5.74, 6) is 0.151. The van der Waals surface area contributed by atoms with Crippen molar-refractivity contribution < 1.29 is 14.6 Å². The van der Waals surface area contributed by atoms with Crippen LogP contribution in [0, 0.1) is 5.92 Å². The second kappa shape index (κ2) is 6.11. The molecule has 0 spiro atoms. The number of ether oxygens (including phenoxy) is 1. The number of hydrogen-bond acceptors (Lipinski definition) is 4. The molecule has 0 amide bonds. The Morgan fingerprint density at radius 3 is 3.14 bits per heavy atom. The number of hydrogen-bond donors (Lipinski definition) is 1. The third-order valence-electron chi connectivity index (χ3n) is 2.56. The number of β-amino-alcohol motifs (C(OH)–C–C–N with tert-alkyl or cyclic N) is 1. The first-order valence-corrected chi connectivity index (χ1v) is 5.11. The highest BCUT2D eigenvalue weighted by molar-refractivity contribution is 5.53. The lowest BCUT2D eigenvalue weighted by Crippen LogP contribution is -2.41. The van der Waals surface area contributed by atoms with Crippen molar-refractivity contribution in [1.29, 1.82) is 0 Å². The van der Waals surface area contributed by atoms with Crippen molar-refractivity contribution in [3.63, 3.8) is 0 Å². The largest absolute Gasteiger partial charge is 0.389 e. The molecule has 2 atom stereocenters. The van der Waals surface area contributed by atoms with Crippen molar-refractivity contribution in [2.24, 2.45) is 5.92 Å². The fourth-order valence-electron chi connectivity index (χ4n) is 1.91. The van der Waals surface area contributed by atoms with Crippen molar-refractivity contribution in [3.05, 3.63) is 0 Å². The van der Waals surface area contributed by atoms with E-state index in [1.807, 2.05) is 0 Å². The number of piperidine rings is 1. The van der Waals surface area contributed by atoms with Gasteiger partial charge in [0, 0.05) is 26.1 Å². The van der Waals surface area contributed by atoms with Crippen LogP contribution in [0.25, 0.3) is 0 Å². The number of aliphatic hydroxyl groups excluding tert-OH is 1. The van der Waals surface area contributed by atoms with Crippen molar-refractivity contribution in [1.82, 2.24) is 4.90 Å². The highest BCUT2D eigenvalue weighted by Crippen LogP contribution is 2.14. The molecule has 0 aliphatic carbocycles. The predicted octanol–water partition coefficient (Wildman–Crippen LogP) is -0.0954. The van der Waals surface area contributed by atoms with Crippen LogP contribution in [0.4, 0.5) is 0 Å². The van der Waals surface area contributed by atoms with Crippen molar-refractivity contribution in [2.45, 2.75) is 18.9 Å². The zero-order chi connectivity index (χ0) is 10.4. The van der Waals surface area contributed by atoms with E-state index < -0.39 is 6.10 Å². The fraction of sp³-hybridized carbons (Fsp3) is 0.900. The zero-order valence-corrected chi connectivity index (χ0v) is 8.69. The molecule has 0 bridgehead atoms. The Morgan fingerprint density at radius 2 is 2.50 bits per heavy atom. The third kappa shape index (κ3) is 3.74. The molecule has 1 aliphatic heterocycles. The van der Waals surface area contributed by atoms with Crippen LogP contribution in [0.2, 0.25) is 0 Å². The number of carbonyl (C=O) groups excluding carboxylic acids is 1.